The van der Waals surface area contributed by atoms with Gasteiger partial charge in [-0.3, -0.25) is 4.79 Å². The molecule has 0 unspecified atom stereocenters. The number of carbonyl (C=O) groups is 1. The molecule has 2 aromatic heterocycles. The highest BCUT2D eigenvalue weighted by Gasteiger charge is 2.42. The van der Waals surface area contributed by atoms with Crippen molar-refractivity contribution >= 4 is 34.5 Å². The maximum absolute atomic E-state index is 14.0. The lowest BCUT2D eigenvalue weighted by Crippen LogP contribution is -2.27. The van der Waals surface area contributed by atoms with Crippen LogP contribution < -0.4 is 5.32 Å². The molecular weight excluding hydrogens is 443 g/mol. The van der Waals surface area contributed by atoms with Gasteiger partial charge >= 0.3 is 6.18 Å². The average Bonchev–Trinajstić information content (AvgIpc) is 3.16. The van der Waals surface area contributed by atoms with E-state index < -0.39 is 51.9 Å². The number of rotatable bonds is 5. The third kappa shape index (κ3) is 3.91. The molecule has 0 bridgehead atoms. The van der Waals surface area contributed by atoms with Crippen molar-refractivity contribution in [3.63, 3.8) is 0 Å². The molecule has 0 aliphatic heterocycles. The number of fused-ring (bicyclic) bond motifs is 1. The van der Waals surface area contributed by atoms with Gasteiger partial charge in [0.2, 0.25) is 5.91 Å². The van der Waals surface area contributed by atoms with Crippen LogP contribution in [0.5, 0.6) is 0 Å². The predicted octanol–water partition coefficient (Wildman–Crippen LogP) is 4.44. The molecule has 0 aliphatic rings. The van der Waals surface area contributed by atoms with Gasteiger partial charge in [0.1, 0.15) is 28.1 Å². The smallest absolute Gasteiger partial charge is 0.341 e. The zero-order chi connectivity index (χ0) is 22.2. The third-order valence-electron chi connectivity index (χ3n) is 3.90. The summed E-state index contributed by atoms with van der Waals surface area (Å²) in [4.78, 5) is 26.9. The second kappa shape index (κ2) is 8.08. The standard InChI is InChI=1S/C16H10F7N5OS/c1-2-5(30-15-12-13(25-3-24-12)26-4-27-15)14(29)28-11-9(19)7(17)6(16(21,22)23)8(18)10(11)20/h3-5H,2H2,1H3,(H,28,29)(H,24,25,26,27)/t5-/m0/s1. The summed E-state index contributed by atoms with van der Waals surface area (Å²) in [6, 6.07) is 0. The monoisotopic (exact) mass is 453 g/mol. The first kappa shape index (κ1) is 21.8. The van der Waals surface area contributed by atoms with E-state index in [4.69, 9.17) is 0 Å². The van der Waals surface area contributed by atoms with Crippen molar-refractivity contribution in [1.29, 1.82) is 0 Å². The van der Waals surface area contributed by atoms with Gasteiger partial charge in [-0.15, -0.1) is 0 Å². The first-order valence-electron chi connectivity index (χ1n) is 8.10. The molecule has 2 heterocycles. The molecule has 6 nitrogen and oxygen atoms in total. The van der Waals surface area contributed by atoms with Crippen molar-refractivity contribution in [1.82, 2.24) is 19.9 Å². The molecule has 0 spiro atoms. The summed E-state index contributed by atoms with van der Waals surface area (Å²) in [6.45, 7) is 1.53. The second-order valence-electron chi connectivity index (χ2n) is 5.79. The molecule has 160 valence electrons. The number of hydrogen-bond donors (Lipinski definition) is 2. The largest absolute Gasteiger partial charge is 0.422 e. The molecule has 0 saturated heterocycles. The van der Waals surface area contributed by atoms with E-state index in [2.05, 4.69) is 19.9 Å². The Morgan fingerprint density at radius 1 is 1.10 bits per heavy atom. The van der Waals surface area contributed by atoms with Gasteiger partial charge in [0.25, 0.3) is 0 Å². The van der Waals surface area contributed by atoms with Crippen LogP contribution in [0.2, 0.25) is 0 Å². The molecule has 14 heteroatoms. The number of carbonyl (C=O) groups excluding carboxylic acids is 1. The molecule has 1 atom stereocenters. The van der Waals surface area contributed by atoms with Crippen LogP contribution in [0.3, 0.4) is 0 Å². The maximum atomic E-state index is 14.0. The van der Waals surface area contributed by atoms with Crippen molar-refractivity contribution in [2.24, 2.45) is 0 Å². The molecule has 0 fully saturated rings. The van der Waals surface area contributed by atoms with Crippen LogP contribution >= 0.6 is 11.8 Å². The van der Waals surface area contributed by atoms with E-state index in [1.54, 1.807) is 5.32 Å². The summed E-state index contributed by atoms with van der Waals surface area (Å²) < 4.78 is 93.5. The number of halogens is 7. The van der Waals surface area contributed by atoms with E-state index in [0.29, 0.717) is 5.52 Å². The lowest BCUT2D eigenvalue weighted by atomic mass is 10.1. The van der Waals surface area contributed by atoms with Crippen molar-refractivity contribution in [2.45, 2.75) is 29.8 Å². The van der Waals surface area contributed by atoms with E-state index in [9.17, 15) is 35.5 Å². The van der Waals surface area contributed by atoms with E-state index in [0.717, 1.165) is 18.1 Å². The van der Waals surface area contributed by atoms with Gasteiger partial charge < -0.3 is 10.3 Å². The quantitative estimate of drug-likeness (QED) is 0.258. The first-order chi connectivity index (χ1) is 14.1. The molecule has 3 aromatic rings. The van der Waals surface area contributed by atoms with E-state index >= 15 is 0 Å². The first-order valence-corrected chi connectivity index (χ1v) is 8.98. The molecule has 2 N–H and O–H groups in total. The van der Waals surface area contributed by atoms with E-state index in [1.807, 2.05) is 0 Å². The SMILES string of the molecule is CC[C@H](Sc1ncnc2nc[nH]c12)C(=O)Nc1c(F)c(F)c(C(F)(F)F)c(F)c1F. The fraction of sp³-hybridized carbons (Fsp3) is 0.250. The van der Waals surface area contributed by atoms with Crippen LogP contribution in [0, 0.1) is 23.3 Å². The van der Waals surface area contributed by atoms with Crippen LogP contribution in [-0.2, 0) is 11.0 Å². The van der Waals surface area contributed by atoms with Gasteiger partial charge in [-0.25, -0.2) is 32.5 Å². The summed E-state index contributed by atoms with van der Waals surface area (Å²) in [6.07, 6.45) is -3.12. The number of anilines is 1. The Labute approximate surface area is 167 Å². The number of amides is 1. The van der Waals surface area contributed by atoms with Crippen molar-refractivity contribution in [2.75, 3.05) is 5.32 Å². The molecule has 1 amide bonds. The Hall–Kier alpha value is -2.90. The summed E-state index contributed by atoms with van der Waals surface area (Å²) >= 11 is 0.831. The van der Waals surface area contributed by atoms with Gasteiger partial charge in [-0.1, -0.05) is 18.7 Å². The zero-order valence-electron chi connectivity index (χ0n) is 14.7. The second-order valence-corrected chi connectivity index (χ2v) is 6.98. The number of H-pyrrole nitrogens is 1. The van der Waals surface area contributed by atoms with Crippen LogP contribution in [-0.4, -0.2) is 31.1 Å². The molecule has 0 aliphatic carbocycles. The topological polar surface area (TPSA) is 83.6 Å². The Bertz CT molecular complexity index is 1090. The predicted molar refractivity (Wildman–Crippen MR) is 91.5 cm³/mol. The molecule has 1 aromatic carbocycles. The number of aromatic nitrogens is 4. The number of nitrogens with zero attached hydrogens (tertiary/aromatic N) is 3. The third-order valence-corrected chi connectivity index (χ3v) is 5.27. The van der Waals surface area contributed by atoms with Crippen LogP contribution in [0.15, 0.2) is 17.7 Å². The van der Waals surface area contributed by atoms with Gasteiger partial charge in [0, 0.05) is 0 Å². The number of alkyl halides is 3. The maximum Gasteiger partial charge on any atom is 0.422 e. The lowest BCUT2D eigenvalue weighted by Gasteiger charge is -2.17. The summed E-state index contributed by atoms with van der Waals surface area (Å²) in [7, 11) is 0. The van der Waals surface area contributed by atoms with Gasteiger partial charge in [0.15, 0.2) is 28.9 Å². The summed E-state index contributed by atoms with van der Waals surface area (Å²) in [5, 5.41) is 0.810. The normalized spacial score (nSPS) is 12.9. The van der Waals surface area contributed by atoms with Crippen LogP contribution in [0.4, 0.5) is 36.4 Å². The summed E-state index contributed by atoms with van der Waals surface area (Å²) in [5.41, 5.74) is -3.72. The molecule has 0 saturated carbocycles. The minimum absolute atomic E-state index is 0.0744. The number of imidazole rings is 1. The van der Waals surface area contributed by atoms with Crippen molar-refractivity contribution < 1.29 is 35.5 Å². The van der Waals surface area contributed by atoms with E-state index in [1.165, 1.54) is 13.3 Å². The fourth-order valence-electron chi connectivity index (χ4n) is 2.48. The average molecular weight is 453 g/mol. The number of thioether (sulfide) groups is 1. The highest BCUT2D eigenvalue weighted by Crippen LogP contribution is 2.39. The lowest BCUT2D eigenvalue weighted by molar-refractivity contribution is -0.143. The van der Waals surface area contributed by atoms with Gasteiger partial charge in [-0.05, 0) is 6.42 Å². The number of nitrogens with one attached hydrogen (secondary N) is 2. The minimum atomic E-state index is -5.68. The molecule has 0 radical (unpaired) electrons. The Morgan fingerprint density at radius 2 is 1.73 bits per heavy atom. The van der Waals surface area contributed by atoms with Gasteiger partial charge in [0.05, 0.1) is 11.6 Å². The van der Waals surface area contributed by atoms with Crippen LogP contribution in [0.25, 0.3) is 11.2 Å². The van der Waals surface area contributed by atoms with E-state index in [-0.39, 0.29) is 17.1 Å². The highest BCUT2D eigenvalue weighted by molar-refractivity contribution is 8.00. The number of hydrogen-bond acceptors (Lipinski definition) is 5. The Kier molecular flexibility index (Phi) is 5.87. The Balaban J connectivity index is 1.92. The highest BCUT2D eigenvalue weighted by atomic mass is 32.2. The molecule has 30 heavy (non-hydrogen) atoms. The van der Waals surface area contributed by atoms with Crippen LogP contribution in [0.1, 0.15) is 18.9 Å². The van der Waals surface area contributed by atoms with Gasteiger partial charge in [-0.2, -0.15) is 13.2 Å². The molecule has 3 rings (SSSR count). The fourth-order valence-corrected chi connectivity index (χ4v) is 3.46. The summed E-state index contributed by atoms with van der Waals surface area (Å²) in [5.74, 6) is -11.2. The number of benzene rings is 1. The number of aromatic amines is 1. The zero-order valence-corrected chi connectivity index (χ0v) is 15.6. The Morgan fingerprint density at radius 3 is 2.30 bits per heavy atom. The van der Waals surface area contributed by atoms with Crippen molar-refractivity contribution in [3.05, 3.63) is 41.5 Å². The van der Waals surface area contributed by atoms with Crippen molar-refractivity contribution in [3.8, 4) is 0 Å². The minimum Gasteiger partial charge on any atom is -0.341 e. The molecular formula is C16H10F7N5OS.